The molecule has 4 heterocycles. The van der Waals surface area contributed by atoms with Crippen LogP contribution in [0.25, 0.3) is 10.9 Å². The number of hydrogen-bond acceptors (Lipinski definition) is 7. The first-order chi connectivity index (χ1) is 16.5. The van der Waals surface area contributed by atoms with Crippen LogP contribution < -0.4 is 10.2 Å². The van der Waals surface area contributed by atoms with E-state index in [-0.39, 0.29) is 0 Å². The lowest BCUT2D eigenvalue weighted by Crippen LogP contribution is -2.52. The van der Waals surface area contributed by atoms with E-state index in [2.05, 4.69) is 82.0 Å². The first-order valence-electron chi connectivity index (χ1n) is 12.5. The summed E-state index contributed by atoms with van der Waals surface area (Å²) in [5.74, 6) is 1.89. The van der Waals surface area contributed by atoms with Gasteiger partial charge in [-0.05, 0) is 64.3 Å². The number of piperidine rings is 1. The van der Waals surface area contributed by atoms with Crippen molar-refractivity contribution < 1.29 is 0 Å². The van der Waals surface area contributed by atoms with Crippen LogP contribution in [0, 0.1) is 0 Å². The molecule has 2 saturated heterocycles. The van der Waals surface area contributed by atoms with Gasteiger partial charge in [0.1, 0.15) is 11.6 Å². The minimum atomic E-state index is 0.449. The summed E-state index contributed by atoms with van der Waals surface area (Å²) in [4.78, 5) is 17.2. The van der Waals surface area contributed by atoms with E-state index in [1.807, 2.05) is 6.26 Å². The van der Waals surface area contributed by atoms with E-state index in [0.717, 1.165) is 35.6 Å². The van der Waals surface area contributed by atoms with Gasteiger partial charge in [0.2, 0.25) is 0 Å². The number of anilines is 3. The van der Waals surface area contributed by atoms with Crippen molar-refractivity contribution in [2.45, 2.75) is 43.9 Å². The Labute approximate surface area is 207 Å². The van der Waals surface area contributed by atoms with E-state index in [1.54, 1.807) is 11.8 Å². The first-order valence-corrected chi connectivity index (χ1v) is 13.7. The van der Waals surface area contributed by atoms with Crippen LogP contribution in [-0.2, 0) is 0 Å². The molecular formula is C26H37N7S. The molecule has 182 valence electrons. The number of fused-ring (bicyclic) bond motifs is 1. The molecule has 1 N–H and O–H groups in total. The van der Waals surface area contributed by atoms with Gasteiger partial charge in [-0.1, -0.05) is 11.8 Å². The maximum atomic E-state index is 4.85. The second-order valence-electron chi connectivity index (χ2n) is 9.87. The van der Waals surface area contributed by atoms with Gasteiger partial charge in [-0.15, -0.1) is 0 Å². The molecule has 2 fully saturated rings. The molecule has 2 aromatic heterocycles. The average Bonchev–Trinajstić information content (AvgIpc) is 3.28. The molecule has 8 heteroatoms. The topological polar surface area (TPSA) is 52.5 Å². The third kappa shape index (κ3) is 5.04. The molecule has 7 nitrogen and oxygen atoms in total. The minimum absolute atomic E-state index is 0.449. The highest BCUT2D eigenvalue weighted by Crippen LogP contribution is 2.29. The Bertz CT molecular complexity index is 1110. The van der Waals surface area contributed by atoms with E-state index >= 15 is 0 Å². The van der Waals surface area contributed by atoms with Crippen LogP contribution in [0.5, 0.6) is 0 Å². The van der Waals surface area contributed by atoms with Crippen molar-refractivity contribution in [2.75, 3.05) is 62.8 Å². The van der Waals surface area contributed by atoms with Gasteiger partial charge in [-0.2, -0.15) is 0 Å². The van der Waals surface area contributed by atoms with Gasteiger partial charge in [0.05, 0.1) is 0 Å². The monoisotopic (exact) mass is 479 g/mol. The van der Waals surface area contributed by atoms with Crippen molar-refractivity contribution in [2.24, 2.45) is 0 Å². The van der Waals surface area contributed by atoms with Crippen molar-refractivity contribution in [3.63, 3.8) is 0 Å². The summed E-state index contributed by atoms with van der Waals surface area (Å²) in [6.45, 7) is 11.3. The van der Waals surface area contributed by atoms with Gasteiger partial charge >= 0.3 is 0 Å². The maximum Gasteiger partial charge on any atom is 0.191 e. The summed E-state index contributed by atoms with van der Waals surface area (Å²) in [6, 6.07) is 12.0. The Kier molecular flexibility index (Phi) is 6.99. The summed E-state index contributed by atoms with van der Waals surface area (Å²) in [7, 11) is 2.23. The molecule has 0 atom stereocenters. The lowest BCUT2D eigenvalue weighted by atomic mass is 10.0. The molecule has 2 aliphatic heterocycles. The van der Waals surface area contributed by atoms with E-state index in [9.17, 15) is 0 Å². The predicted molar refractivity (Wildman–Crippen MR) is 144 cm³/mol. The third-order valence-corrected chi connectivity index (χ3v) is 7.81. The number of aromatic nitrogens is 3. The fourth-order valence-corrected chi connectivity index (χ4v) is 5.59. The smallest absolute Gasteiger partial charge is 0.191 e. The summed E-state index contributed by atoms with van der Waals surface area (Å²) >= 11 is 1.60. The summed E-state index contributed by atoms with van der Waals surface area (Å²) < 4.78 is 2.31. The fourth-order valence-electron chi connectivity index (χ4n) is 5.22. The zero-order valence-electron chi connectivity index (χ0n) is 20.9. The van der Waals surface area contributed by atoms with Gasteiger partial charge in [0.15, 0.2) is 5.16 Å². The molecule has 0 amide bonds. The lowest BCUT2D eigenvalue weighted by molar-refractivity contribution is 0.0981. The molecule has 3 aromatic rings. The Morgan fingerprint density at radius 2 is 1.74 bits per heavy atom. The number of nitrogens with one attached hydrogen (secondary N) is 1. The molecule has 5 rings (SSSR count). The lowest BCUT2D eigenvalue weighted by Gasteiger charge is -2.42. The normalized spacial score (nSPS) is 18.8. The number of thioether (sulfide) groups is 1. The van der Waals surface area contributed by atoms with Gasteiger partial charge in [-0.25, -0.2) is 9.97 Å². The number of hydrogen-bond donors (Lipinski definition) is 1. The van der Waals surface area contributed by atoms with Gasteiger partial charge in [0.25, 0.3) is 0 Å². The van der Waals surface area contributed by atoms with Crippen LogP contribution in [0.3, 0.4) is 0 Å². The molecule has 34 heavy (non-hydrogen) atoms. The van der Waals surface area contributed by atoms with E-state index in [4.69, 9.17) is 9.97 Å². The molecular weight excluding hydrogens is 442 g/mol. The molecule has 0 unspecified atom stereocenters. The van der Waals surface area contributed by atoms with Crippen LogP contribution in [0.15, 0.2) is 41.7 Å². The van der Waals surface area contributed by atoms with Crippen LogP contribution >= 0.6 is 11.8 Å². The van der Waals surface area contributed by atoms with Crippen molar-refractivity contribution in [3.8, 4) is 0 Å². The van der Waals surface area contributed by atoms with Crippen LogP contribution in [-0.4, -0.2) is 82.9 Å². The van der Waals surface area contributed by atoms with Gasteiger partial charge in [0, 0.05) is 80.2 Å². The van der Waals surface area contributed by atoms with Gasteiger partial charge < -0.3 is 19.7 Å². The highest BCUT2D eigenvalue weighted by molar-refractivity contribution is 7.98. The number of piperazine rings is 1. The summed E-state index contributed by atoms with van der Waals surface area (Å²) in [5.41, 5.74) is 2.32. The zero-order chi connectivity index (χ0) is 23.7. The molecule has 2 aliphatic rings. The standard InChI is InChI=1S/C26H37N7S/c1-19(2)33-12-7-20-17-21(5-6-23(20)33)27-24-18-25(29-26(28-24)34-4)32-10-8-22(9-11-32)31-15-13-30(3)14-16-31/h5-7,12,17-19,22H,8-11,13-16H2,1-4H3,(H,27,28,29). The summed E-state index contributed by atoms with van der Waals surface area (Å²) in [6.07, 6.45) is 6.62. The minimum Gasteiger partial charge on any atom is -0.356 e. The number of rotatable bonds is 6. The number of nitrogens with zero attached hydrogens (tertiary/aromatic N) is 6. The molecule has 1 aromatic carbocycles. The first kappa shape index (κ1) is 23.5. The van der Waals surface area contributed by atoms with Crippen molar-refractivity contribution >= 4 is 40.0 Å². The highest BCUT2D eigenvalue weighted by atomic mass is 32.2. The SMILES string of the molecule is CSc1nc(Nc2ccc3c(ccn3C(C)C)c2)cc(N2CCC(N3CCN(C)CC3)CC2)n1. The second-order valence-corrected chi connectivity index (χ2v) is 10.6. The average molecular weight is 480 g/mol. The Morgan fingerprint density at radius 3 is 2.44 bits per heavy atom. The van der Waals surface area contributed by atoms with Crippen molar-refractivity contribution in [3.05, 3.63) is 36.5 Å². The van der Waals surface area contributed by atoms with Crippen LogP contribution in [0.2, 0.25) is 0 Å². The quantitative estimate of drug-likeness (QED) is 0.406. The molecule has 0 saturated carbocycles. The highest BCUT2D eigenvalue weighted by Gasteiger charge is 2.27. The number of benzene rings is 1. The van der Waals surface area contributed by atoms with Crippen molar-refractivity contribution in [1.29, 1.82) is 0 Å². The number of likely N-dealkylation sites (N-methyl/N-ethyl adjacent to an activating group) is 1. The Morgan fingerprint density at radius 1 is 0.971 bits per heavy atom. The van der Waals surface area contributed by atoms with E-state index in [1.165, 1.54) is 49.9 Å². The summed E-state index contributed by atoms with van der Waals surface area (Å²) in [5, 5.41) is 5.59. The van der Waals surface area contributed by atoms with Crippen LogP contribution in [0.4, 0.5) is 17.3 Å². The Balaban J connectivity index is 1.29. The molecule has 0 spiro atoms. The van der Waals surface area contributed by atoms with E-state index in [0.29, 0.717) is 12.1 Å². The van der Waals surface area contributed by atoms with Crippen molar-refractivity contribution in [1.82, 2.24) is 24.3 Å². The largest absolute Gasteiger partial charge is 0.356 e. The molecule has 0 aliphatic carbocycles. The van der Waals surface area contributed by atoms with Gasteiger partial charge in [-0.3, -0.25) is 4.90 Å². The molecule has 0 radical (unpaired) electrons. The third-order valence-electron chi connectivity index (χ3n) is 7.27. The van der Waals surface area contributed by atoms with Crippen LogP contribution in [0.1, 0.15) is 32.7 Å². The second kappa shape index (κ2) is 10.1. The predicted octanol–water partition coefficient (Wildman–Crippen LogP) is 4.69. The fraction of sp³-hybridized carbons (Fsp3) is 0.538. The molecule has 0 bridgehead atoms. The van der Waals surface area contributed by atoms with E-state index < -0.39 is 0 Å². The Hall–Kier alpha value is -2.29. The maximum absolute atomic E-state index is 4.85. The zero-order valence-corrected chi connectivity index (χ0v) is 21.7.